The Bertz CT molecular complexity index is 1180. The minimum Gasteiger partial charge on any atom is -0.408 e. The van der Waals surface area contributed by atoms with Crippen LogP contribution in [0.15, 0.2) is 81.2 Å². The van der Waals surface area contributed by atoms with E-state index in [0.29, 0.717) is 0 Å². The van der Waals surface area contributed by atoms with Gasteiger partial charge < -0.3 is 8.39 Å². The molecule has 0 fully saturated rings. The lowest BCUT2D eigenvalue weighted by Gasteiger charge is -2.05. The molecule has 0 amide bonds. The minimum absolute atomic E-state index is 0. The molecule has 2 nitrogen and oxygen atoms in total. The van der Waals surface area contributed by atoms with Crippen LogP contribution in [0.1, 0.15) is 0 Å². The Morgan fingerprint density at radius 2 is 1.04 bits per heavy atom. The zero-order valence-corrected chi connectivity index (χ0v) is 15.7. The number of hydrogen-bond acceptors (Lipinski definition) is 2. The van der Waals surface area contributed by atoms with E-state index in [2.05, 4.69) is 36.4 Å². The largest absolute Gasteiger partial charge is 0.408 e. The molecule has 0 aliphatic heterocycles. The van der Waals surface area contributed by atoms with Gasteiger partial charge in [-0.15, -0.1) is 0 Å². The van der Waals surface area contributed by atoms with Crippen molar-refractivity contribution in [2.45, 2.75) is 0 Å². The minimum atomic E-state index is -1.53. The second-order valence-corrected chi connectivity index (χ2v) is 7.33. The Balaban J connectivity index is 0.00000157. The molecule has 0 bridgehead atoms. The summed E-state index contributed by atoms with van der Waals surface area (Å²) in [7, 11) is -1.53. The molecule has 0 unspecified atom stereocenters. The van der Waals surface area contributed by atoms with E-state index in [9.17, 15) is 0 Å². The molecule has 5 aromatic rings. The predicted octanol–water partition coefficient (Wildman–Crippen LogP) is 7.71. The molecule has 0 atom stereocenters. The topological polar surface area (TPSA) is 26.3 Å². The molecule has 0 saturated carbocycles. The quantitative estimate of drug-likeness (QED) is 0.273. The van der Waals surface area contributed by atoms with Gasteiger partial charge in [0.15, 0.2) is 0 Å². The molecule has 5 heteroatoms. The molecule has 0 aliphatic rings. The highest BCUT2D eigenvalue weighted by atomic mass is 35.7. The first kappa shape index (κ1) is 16.4. The predicted molar refractivity (Wildman–Crippen MR) is 113 cm³/mol. The van der Waals surface area contributed by atoms with Gasteiger partial charge in [0.25, 0.3) is 0 Å². The highest BCUT2D eigenvalue weighted by molar-refractivity contribution is 7.68. The van der Waals surface area contributed by atoms with Crippen molar-refractivity contribution in [1.29, 1.82) is 0 Å². The van der Waals surface area contributed by atoms with Gasteiger partial charge in [0.2, 0.25) is 0 Å². The number of hydrogen-bond donors (Lipinski definition) is 0. The molecular weight excluding hydrogens is 371 g/mol. The van der Waals surface area contributed by atoms with E-state index < -0.39 is 7.37 Å². The van der Waals surface area contributed by atoms with E-state index in [4.69, 9.17) is 19.6 Å². The van der Waals surface area contributed by atoms with Crippen molar-refractivity contribution in [2.24, 2.45) is 0 Å². The van der Waals surface area contributed by atoms with Gasteiger partial charge in [-0.25, -0.2) is 0 Å². The summed E-state index contributed by atoms with van der Waals surface area (Å²) in [6.45, 7) is 0. The first-order valence-corrected chi connectivity index (χ1v) is 9.75. The Hall–Kier alpha value is -2.06. The first-order chi connectivity index (χ1) is 11.8. The van der Waals surface area contributed by atoms with Gasteiger partial charge in [0.05, 0.1) is 0 Å². The van der Waals surface area contributed by atoms with Crippen LogP contribution in [0, 0.1) is 0 Å². The fourth-order valence-corrected chi connectivity index (χ4v) is 4.44. The number of rotatable bonds is 0. The van der Waals surface area contributed by atoms with Crippen LogP contribution in [0.25, 0.3) is 43.5 Å². The van der Waals surface area contributed by atoms with Crippen LogP contribution in [0.3, 0.4) is 0 Å². The molecule has 124 valence electrons. The Labute approximate surface area is 156 Å². The smallest absolute Gasteiger partial charge is 0.327 e. The number of halogens is 1. The molecule has 25 heavy (non-hydrogen) atoms. The Kier molecular flexibility index (Phi) is 4.16. The van der Waals surface area contributed by atoms with Gasteiger partial charge in [0.1, 0.15) is 11.2 Å². The molecule has 0 aliphatic carbocycles. The summed E-state index contributed by atoms with van der Waals surface area (Å²) < 4.78 is 11.8. The van der Waals surface area contributed by atoms with E-state index in [-0.39, 0.29) is 13.5 Å². The first-order valence-electron chi connectivity index (χ1n) is 7.67. The molecule has 0 saturated heterocycles. The summed E-state index contributed by atoms with van der Waals surface area (Å²) in [6.07, 6.45) is 0. The number of benzene rings is 4. The van der Waals surface area contributed by atoms with Crippen LogP contribution < -0.4 is 0 Å². The number of fused-ring (bicyclic) bond motifs is 7. The molecule has 0 N–H and O–H groups in total. The van der Waals surface area contributed by atoms with Crippen molar-refractivity contribution in [2.75, 3.05) is 0 Å². The van der Waals surface area contributed by atoms with Gasteiger partial charge in [-0.05, 0) is 33.7 Å². The van der Waals surface area contributed by atoms with E-state index in [0.717, 1.165) is 32.7 Å². The van der Waals surface area contributed by atoms with Gasteiger partial charge >= 0.3 is 7.37 Å². The summed E-state index contributed by atoms with van der Waals surface area (Å²) >= 11 is 6.30. The van der Waals surface area contributed by atoms with E-state index in [1.807, 2.05) is 36.4 Å². The Morgan fingerprint density at radius 3 is 1.52 bits per heavy atom. The summed E-state index contributed by atoms with van der Waals surface area (Å²) in [5.74, 6) is 0. The average Bonchev–Trinajstić information content (AvgIpc) is 2.77. The molecule has 0 spiro atoms. The van der Waals surface area contributed by atoms with E-state index in [1.54, 1.807) is 0 Å². The average molecular weight is 385 g/mol. The maximum absolute atomic E-state index is 6.30. The molecule has 1 heterocycles. The molecule has 1 aromatic heterocycles. The zero-order chi connectivity index (χ0) is 16.1. The molecular formula is C20H14ClO2PS. The lowest BCUT2D eigenvalue weighted by Crippen LogP contribution is -1.79. The molecule has 0 radical (unpaired) electrons. The lowest BCUT2D eigenvalue weighted by molar-refractivity contribution is 0.657. The second-order valence-electron chi connectivity index (χ2n) is 5.71. The van der Waals surface area contributed by atoms with Gasteiger partial charge in [-0.2, -0.15) is 13.5 Å². The monoisotopic (exact) mass is 384 g/mol. The van der Waals surface area contributed by atoms with Crippen molar-refractivity contribution in [3.8, 4) is 0 Å². The van der Waals surface area contributed by atoms with Crippen LogP contribution in [-0.4, -0.2) is 0 Å². The maximum Gasteiger partial charge on any atom is 0.327 e. The van der Waals surface area contributed by atoms with Crippen molar-refractivity contribution in [3.05, 3.63) is 72.8 Å². The van der Waals surface area contributed by atoms with Crippen LogP contribution >= 0.6 is 32.1 Å². The summed E-state index contributed by atoms with van der Waals surface area (Å²) in [5, 5.41) is 6.70. The summed E-state index contributed by atoms with van der Waals surface area (Å²) in [5.41, 5.74) is 1.54. The second kappa shape index (κ2) is 6.34. The van der Waals surface area contributed by atoms with E-state index in [1.165, 1.54) is 10.8 Å². The standard InChI is InChI=1S/C20H12ClO2P.H2S/c21-24-22-17-11-9-13-5-1-3-7-15(13)19(17)20-16-8-4-2-6-14(16)10-12-18(20)23-24;/h1-12H;1H2. The third-order valence-corrected chi connectivity index (χ3v) is 5.47. The normalized spacial score (nSPS) is 11.1. The van der Waals surface area contributed by atoms with Crippen LogP contribution in [0.4, 0.5) is 0 Å². The van der Waals surface area contributed by atoms with Crippen LogP contribution in [0.2, 0.25) is 0 Å². The zero-order valence-electron chi connectivity index (χ0n) is 13.1. The van der Waals surface area contributed by atoms with Gasteiger partial charge in [0, 0.05) is 22.0 Å². The van der Waals surface area contributed by atoms with Gasteiger partial charge in [-0.3, -0.25) is 0 Å². The lowest BCUT2D eigenvalue weighted by atomic mass is 9.99. The highest BCUT2D eigenvalue weighted by Crippen LogP contribution is 2.42. The molecule has 5 rings (SSSR count). The summed E-state index contributed by atoms with van der Waals surface area (Å²) in [6, 6.07) is 24.7. The SMILES string of the molecule is Clp1oc2ccc3ccccc3c2c2c(ccc3ccccc32)o1.S. The van der Waals surface area contributed by atoms with Crippen molar-refractivity contribution in [1.82, 2.24) is 0 Å². The third kappa shape index (κ3) is 2.60. The van der Waals surface area contributed by atoms with Crippen molar-refractivity contribution < 1.29 is 8.39 Å². The highest BCUT2D eigenvalue weighted by Gasteiger charge is 2.11. The maximum atomic E-state index is 6.30. The Morgan fingerprint density at radius 1 is 0.600 bits per heavy atom. The van der Waals surface area contributed by atoms with Gasteiger partial charge in [-0.1, -0.05) is 60.7 Å². The third-order valence-electron chi connectivity index (χ3n) is 4.37. The van der Waals surface area contributed by atoms with Crippen molar-refractivity contribution >= 4 is 75.6 Å². The van der Waals surface area contributed by atoms with E-state index >= 15 is 0 Å². The van der Waals surface area contributed by atoms with Crippen molar-refractivity contribution in [3.63, 3.8) is 0 Å². The van der Waals surface area contributed by atoms with Crippen LogP contribution in [0.5, 0.6) is 0 Å². The fourth-order valence-electron chi connectivity index (χ4n) is 3.34. The fraction of sp³-hybridized carbons (Fsp3) is 0. The molecule has 4 aromatic carbocycles. The van der Waals surface area contributed by atoms with Crippen LogP contribution in [-0.2, 0) is 0 Å². The summed E-state index contributed by atoms with van der Waals surface area (Å²) in [4.78, 5) is 0.